The summed E-state index contributed by atoms with van der Waals surface area (Å²) in [6, 6.07) is 8.95. The summed E-state index contributed by atoms with van der Waals surface area (Å²) in [7, 11) is 0. The number of benzene rings is 1. The van der Waals surface area contributed by atoms with Crippen LogP contribution in [0, 0.1) is 11.8 Å². The van der Waals surface area contributed by atoms with E-state index in [9.17, 15) is 14.4 Å². The third-order valence-corrected chi connectivity index (χ3v) is 4.33. The Morgan fingerprint density at radius 1 is 1.19 bits per heavy atom. The molecule has 3 rings (SSSR count). The summed E-state index contributed by atoms with van der Waals surface area (Å²) in [5.41, 5.74) is 0.660. The second-order valence-electron chi connectivity index (χ2n) is 5.72. The van der Waals surface area contributed by atoms with Crippen LogP contribution in [0.3, 0.4) is 0 Å². The van der Waals surface area contributed by atoms with Gasteiger partial charge in [-0.3, -0.25) is 14.4 Å². The van der Waals surface area contributed by atoms with Gasteiger partial charge in [0.25, 0.3) is 0 Å². The number of hydrogen-bond acceptors (Lipinski definition) is 3. The molecule has 2 aliphatic rings. The molecule has 3 unspecified atom stereocenters. The predicted molar refractivity (Wildman–Crippen MR) is 77.5 cm³/mol. The largest absolute Gasteiger partial charge is 0.352 e. The zero-order valence-electron chi connectivity index (χ0n) is 11.7. The minimum atomic E-state index is -0.784. The van der Waals surface area contributed by atoms with Crippen molar-refractivity contribution in [2.75, 3.05) is 5.32 Å². The first-order valence-electron chi connectivity index (χ1n) is 7.34. The Morgan fingerprint density at radius 2 is 1.95 bits per heavy atom. The highest BCUT2D eigenvalue weighted by atomic mass is 16.2. The van der Waals surface area contributed by atoms with E-state index in [1.54, 1.807) is 12.1 Å². The van der Waals surface area contributed by atoms with E-state index in [2.05, 4.69) is 10.6 Å². The van der Waals surface area contributed by atoms with Crippen LogP contribution in [-0.2, 0) is 14.4 Å². The van der Waals surface area contributed by atoms with Crippen molar-refractivity contribution < 1.29 is 14.4 Å². The van der Waals surface area contributed by atoms with E-state index in [4.69, 9.17) is 0 Å². The van der Waals surface area contributed by atoms with Gasteiger partial charge in [-0.2, -0.15) is 0 Å². The second-order valence-corrected chi connectivity index (χ2v) is 5.72. The van der Waals surface area contributed by atoms with E-state index in [-0.39, 0.29) is 29.6 Å². The van der Waals surface area contributed by atoms with Gasteiger partial charge in [-0.15, -0.1) is 0 Å². The lowest BCUT2D eigenvalue weighted by Gasteiger charge is -2.37. The molecule has 110 valence electrons. The standard InChI is InChI=1S/C16H18N2O3/c19-14-8-4-7-13-11(14)9-12(16(21)18-13)15(20)17-10-5-2-1-3-6-10/h1-3,5-6,11-13H,4,7-9H2,(H,17,20)(H,18,21). The minimum Gasteiger partial charge on any atom is -0.352 e. The molecule has 1 aromatic rings. The van der Waals surface area contributed by atoms with Crippen LogP contribution >= 0.6 is 0 Å². The van der Waals surface area contributed by atoms with Crippen LogP contribution in [0.5, 0.6) is 0 Å². The van der Waals surface area contributed by atoms with Gasteiger partial charge in [0.05, 0.1) is 0 Å². The smallest absolute Gasteiger partial charge is 0.236 e. The van der Waals surface area contributed by atoms with E-state index in [1.165, 1.54) is 0 Å². The van der Waals surface area contributed by atoms with Crippen molar-refractivity contribution in [1.82, 2.24) is 5.32 Å². The SMILES string of the molecule is O=C(Nc1ccccc1)C1CC2C(=O)CCCC2NC1=O. The summed E-state index contributed by atoms with van der Waals surface area (Å²) in [6.07, 6.45) is 2.54. The number of ketones is 1. The van der Waals surface area contributed by atoms with Gasteiger partial charge in [-0.1, -0.05) is 18.2 Å². The van der Waals surface area contributed by atoms with Crippen LogP contribution in [0.2, 0.25) is 0 Å². The maximum atomic E-state index is 12.3. The zero-order chi connectivity index (χ0) is 14.8. The van der Waals surface area contributed by atoms with Crippen molar-refractivity contribution in [2.24, 2.45) is 11.8 Å². The van der Waals surface area contributed by atoms with E-state index in [0.29, 0.717) is 18.5 Å². The Bertz CT molecular complexity index is 570. The number of hydrogen-bond donors (Lipinski definition) is 2. The molecule has 2 fully saturated rings. The summed E-state index contributed by atoms with van der Waals surface area (Å²) in [4.78, 5) is 36.4. The molecule has 1 heterocycles. The summed E-state index contributed by atoms with van der Waals surface area (Å²) in [6.45, 7) is 0. The molecule has 1 aliphatic carbocycles. The van der Waals surface area contributed by atoms with Gasteiger partial charge in [0.15, 0.2) is 0 Å². The fourth-order valence-corrected chi connectivity index (χ4v) is 3.20. The van der Waals surface area contributed by atoms with E-state index >= 15 is 0 Å². The Hall–Kier alpha value is -2.17. The Balaban J connectivity index is 1.71. The molecule has 5 nitrogen and oxygen atoms in total. The van der Waals surface area contributed by atoms with Crippen molar-refractivity contribution in [3.8, 4) is 0 Å². The first-order chi connectivity index (χ1) is 10.1. The molecule has 21 heavy (non-hydrogen) atoms. The quantitative estimate of drug-likeness (QED) is 0.809. The topological polar surface area (TPSA) is 75.3 Å². The third-order valence-electron chi connectivity index (χ3n) is 4.33. The fourth-order valence-electron chi connectivity index (χ4n) is 3.20. The monoisotopic (exact) mass is 286 g/mol. The van der Waals surface area contributed by atoms with Crippen molar-refractivity contribution in [3.05, 3.63) is 30.3 Å². The van der Waals surface area contributed by atoms with Gasteiger partial charge >= 0.3 is 0 Å². The van der Waals surface area contributed by atoms with Gasteiger partial charge in [-0.05, 0) is 31.4 Å². The number of Topliss-reactive ketones (excluding diaryl/α,β-unsaturated/α-hetero) is 1. The highest BCUT2D eigenvalue weighted by Gasteiger charge is 2.43. The predicted octanol–water partition coefficient (Wildman–Crippen LogP) is 1.50. The average molecular weight is 286 g/mol. The maximum absolute atomic E-state index is 12.3. The van der Waals surface area contributed by atoms with Gasteiger partial charge in [-0.25, -0.2) is 0 Å². The lowest BCUT2D eigenvalue weighted by molar-refractivity contribution is -0.140. The van der Waals surface area contributed by atoms with E-state index in [1.807, 2.05) is 18.2 Å². The molecular weight excluding hydrogens is 268 g/mol. The summed E-state index contributed by atoms with van der Waals surface area (Å²) in [5, 5.41) is 5.59. The number of fused-ring (bicyclic) bond motifs is 1. The first-order valence-corrected chi connectivity index (χ1v) is 7.34. The van der Waals surface area contributed by atoms with E-state index in [0.717, 1.165) is 12.8 Å². The van der Waals surface area contributed by atoms with Crippen molar-refractivity contribution in [3.63, 3.8) is 0 Å². The molecule has 0 aromatic heterocycles. The number of para-hydroxylation sites is 1. The van der Waals surface area contributed by atoms with Crippen LogP contribution in [0.1, 0.15) is 25.7 Å². The van der Waals surface area contributed by atoms with Crippen LogP contribution in [0.4, 0.5) is 5.69 Å². The Labute approximate surface area is 123 Å². The summed E-state index contributed by atoms with van der Waals surface area (Å²) in [5.74, 6) is -1.42. The second kappa shape index (κ2) is 5.68. The Kier molecular flexibility index (Phi) is 3.73. The van der Waals surface area contributed by atoms with E-state index < -0.39 is 5.92 Å². The lowest BCUT2D eigenvalue weighted by atomic mass is 9.75. The van der Waals surface area contributed by atoms with Crippen molar-refractivity contribution in [2.45, 2.75) is 31.7 Å². The molecule has 5 heteroatoms. The van der Waals surface area contributed by atoms with Gasteiger partial charge in [0.1, 0.15) is 11.7 Å². The summed E-state index contributed by atoms with van der Waals surface area (Å²) < 4.78 is 0. The number of amides is 2. The van der Waals surface area contributed by atoms with Gasteiger partial charge in [0.2, 0.25) is 11.8 Å². The normalized spacial score (nSPS) is 28.5. The molecule has 1 aliphatic heterocycles. The average Bonchev–Trinajstić information content (AvgIpc) is 2.48. The van der Waals surface area contributed by atoms with Gasteiger partial charge in [0, 0.05) is 24.1 Å². The fraction of sp³-hybridized carbons (Fsp3) is 0.438. The molecule has 2 N–H and O–H groups in total. The highest BCUT2D eigenvalue weighted by molar-refractivity contribution is 6.07. The molecule has 1 saturated heterocycles. The number of rotatable bonds is 2. The Morgan fingerprint density at radius 3 is 2.71 bits per heavy atom. The molecule has 3 atom stereocenters. The minimum absolute atomic E-state index is 0.0838. The summed E-state index contributed by atoms with van der Waals surface area (Å²) >= 11 is 0. The number of carbonyl (C=O) groups excluding carboxylic acids is 3. The molecular formula is C16H18N2O3. The zero-order valence-corrected chi connectivity index (χ0v) is 11.7. The lowest BCUT2D eigenvalue weighted by Crippen LogP contribution is -2.55. The molecule has 0 spiro atoms. The van der Waals surface area contributed by atoms with Crippen LogP contribution in [0.25, 0.3) is 0 Å². The number of anilines is 1. The van der Waals surface area contributed by atoms with Crippen LogP contribution in [-0.4, -0.2) is 23.6 Å². The number of nitrogens with one attached hydrogen (secondary N) is 2. The van der Waals surface area contributed by atoms with Crippen molar-refractivity contribution >= 4 is 23.3 Å². The van der Waals surface area contributed by atoms with Crippen LogP contribution < -0.4 is 10.6 Å². The van der Waals surface area contributed by atoms with Crippen molar-refractivity contribution in [1.29, 1.82) is 0 Å². The number of piperidine rings is 1. The van der Waals surface area contributed by atoms with Gasteiger partial charge < -0.3 is 10.6 Å². The first kappa shape index (κ1) is 13.8. The highest BCUT2D eigenvalue weighted by Crippen LogP contribution is 2.31. The molecule has 1 saturated carbocycles. The molecule has 0 bridgehead atoms. The molecule has 0 radical (unpaired) electrons. The number of carbonyl (C=O) groups is 3. The molecule has 2 amide bonds. The van der Waals surface area contributed by atoms with Crippen LogP contribution in [0.15, 0.2) is 30.3 Å². The maximum Gasteiger partial charge on any atom is 0.236 e. The molecule has 1 aromatic carbocycles. The third kappa shape index (κ3) is 2.82.